The van der Waals surface area contributed by atoms with Gasteiger partial charge < -0.3 is 9.47 Å². The maximum absolute atomic E-state index is 13.9. The standard InChI is InChI=1S/C19H17BrFNO2/c1-12(2)24-19-16(20)9-13(10-18(19)23-3)8-14(11-22)15-6-4-5-7-17(15)21/h4-10,12H,1-3H3/b14-8-. The molecule has 0 N–H and O–H groups in total. The summed E-state index contributed by atoms with van der Waals surface area (Å²) in [5.74, 6) is 0.695. The third kappa shape index (κ3) is 4.15. The molecular formula is C19H17BrFNO2. The topological polar surface area (TPSA) is 42.2 Å². The van der Waals surface area contributed by atoms with E-state index in [-0.39, 0.29) is 17.2 Å². The molecule has 2 aromatic carbocycles. The van der Waals surface area contributed by atoms with Gasteiger partial charge in [0.2, 0.25) is 0 Å². The van der Waals surface area contributed by atoms with Crippen molar-refractivity contribution < 1.29 is 13.9 Å². The molecule has 0 aliphatic carbocycles. The minimum atomic E-state index is -0.434. The van der Waals surface area contributed by atoms with Gasteiger partial charge in [0.15, 0.2) is 11.5 Å². The first kappa shape index (κ1) is 18.0. The van der Waals surface area contributed by atoms with Crippen LogP contribution in [0.4, 0.5) is 4.39 Å². The van der Waals surface area contributed by atoms with E-state index in [1.165, 1.54) is 6.07 Å². The lowest BCUT2D eigenvalue weighted by atomic mass is 10.0. The zero-order valence-electron chi connectivity index (χ0n) is 13.6. The van der Waals surface area contributed by atoms with E-state index in [9.17, 15) is 9.65 Å². The number of nitrogens with zero attached hydrogens (tertiary/aromatic N) is 1. The second kappa shape index (κ2) is 7.98. The molecule has 0 bridgehead atoms. The van der Waals surface area contributed by atoms with E-state index in [1.807, 2.05) is 19.9 Å². The number of hydrogen-bond donors (Lipinski definition) is 0. The van der Waals surface area contributed by atoms with Gasteiger partial charge in [-0.25, -0.2) is 4.39 Å². The molecule has 0 spiro atoms. The van der Waals surface area contributed by atoms with Crippen molar-refractivity contribution in [3.8, 4) is 17.6 Å². The average Bonchev–Trinajstić information content (AvgIpc) is 2.55. The highest BCUT2D eigenvalue weighted by molar-refractivity contribution is 9.10. The van der Waals surface area contributed by atoms with Gasteiger partial charge in [-0.05, 0) is 59.6 Å². The smallest absolute Gasteiger partial charge is 0.175 e. The van der Waals surface area contributed by atoms with Gasteiger partial charge >= 0.3 is 0 Å². The summed E-state index contributed by atoms with van der Waals surface area (Å²) in [6.45, 7) is 3.84. The molecule has 0 amide bonds. The van der Waals surface area contributed by atoms with Crippen LogP contribution in [0.2, 0.25) is 0 Å². The monoisotopic (exact) mass is 389 g/mol. The molecule has 0 heterocycles. The van der Waals surface area contributed by atoms with Crippen LogP contribution in [0, 0.1) is 17.1 Å². The highest BCUT2D eigenvalue weighted by Gasteiger charge is 2.14. The molecule has 2 rings (SSSR count). The molecule has 2 aromatic rings. The minimum Gasteiger partial charge on any atom is -0.493 e. The summed E-state index contributed by atoms with van der Waals surface area (Å²) in [5.41, 5.74) is 1.20. The molecule has 124 valence electrons. The Balaban J connectivity index is 2.51. The van der Waals surface area contributed by atoms with Crippen molar-refractivity contribution in [2.24, 2.45) is 0 Å². The number of allylic oxidation sites excluding steroid dienone is 1. The van der Waals surface area contributed by atoms with Crippen LogP contribution in [0.3, 0.4) is 0 Å². The molecule has 0 aromatic heterocycles. The summed E-state index contributed by atoms with van der Waals surface area (Å²) in [6.07, 6.45) is 1.61. The molecule has 0 fully saturated rings. The Morgan fingerprint density at radius 3 is 2.58 bits per heavy atom. The molecule has 0 unspecified atom stereocenters. The number of rotatable bonds is 5. The third-order valence-corrected chi connectivity index (χ3v) is 3.79. The maximum Gasteiger partial charge on any atom is 0.175 e. The lowest BCUT2D eigenvalue weighted by Crippen LogP contribution is -2.07. The van der Waals surface area contributed by atoms with Gasteiger partial charge in [-0.3, -0.25) is 0 Å². The van der Waals surface area contributed by atoms with E-state index < -0.39 is 5.82 Å². The van der Waals surface area contributed by atoms with Crippen molar-refractivity contribution in [2.75, 3.05) is 7.11 Å². The van der Waals surface area contributed by atoms with E-state index in [0.717, 1.165) is 0 Å². The van der Waals surface area contributed by atoms with Gasteiger partial charge in [0, 0.05) is 5.56 Å². The summed E-state index contributed by atoms with van der Waals surface area (Å²) in [4.78, 5) is 0. The number of ether oxygens (including phenoxy) is 2. The van der Waals surface area contributed by atoms with Gasteiger partial charge in [0.25, 0.3) is 0 Å². The molecule has 0 aliphatic heterocycles. The molecule has 5 heteroatoms. The Morgan fingerprint density at radius 2 is 2.00 bits per heavy atom. The molecule has 0 radical (unpaired) electrons. The van der Waals surface area contributed by atoms with Crippen LogP contribution in [0.25, 0.3) is 11.6 Å². The van der Waals surface area contributed by atoms with Crippen LogP contribution in [0.1, 0.15) is 25.0 Å². The fourth-order valence-corrected chi connectivity index (χ4v) is 2.74. The molecule has 3 nitrogen and oxygen atoms in total. The molecule has 0 aliphatic rings. The number of hydrogen-bond acceptors (Lipinski definition) is 3. The van der Waals surface area contributed by atoms with E-state index in [0.29, 0.717) is 21.5 Å². The predicted octanol–water partition coefficient (Wildman–Crippen LogP) is 5.45. The number of halogens is 2. The van der Waals surface area contributed by atoms with E-state index in [1.54, 1.807) is 43.5 Å². The highest BCUT2D eigenvalue weighted by Crippen LogP contribution is 2.38. The maximum atomic E-state index is 13.9. The summed E-state index contributed by atoms with van der Waals surface area (Å²) in [6, 6.07) is 11.8. The minimum absolute atomic E-state index is 0.00956. The second-order valence-electron chi connectivity index (χ2n) is 5.35. The van der Waals surface area contributed by atoms with Crippen LogP contribution in [-0.2, 0) is 0 Å². The summed E-state index contributed by atoms with van der Waals surface area (Å²) < 4.78 is 25.7. The quantitative estimate of drug-likeness (QED) is 0.504. The van der Waals surface area contributed by atoms with Crippen LogP contribution in [0.5, 0.6) is 11.5 Å². The van der Waals surface area contributed by atoms with Gasteiger partial charge in [-0.15, -0.1) is 0 Å². The second-order valence-corrected chi connectivity index (χ2v) is 6.20. The van der Waals surface area contributed by atoms with Crippen molar-refractivity contribution in [2.45, 2.75) is 20.0 Å². The van der Waals surface area contributed by atoms with Crippen molar-refractivity contribution in [1.82, 2.24) is 0 Å². The number of benzene rings is 2. The first-order chi connectivity index (χ1) is 11.5. The van der Waals surface area contributed by atoms with Crippen LogP contribution in [0.15, 0.2) is 40.9 Å². The van der Waals surface area contributed by atoms with Crippen molar-refractivity contribution in [3.63, 3.8) is 0 Å². The Morgan fingerprint density at radius 1 is 1.29 bits per heavy atom. The number of nitriles is 1. The average molecular weight is 390 g/mol. The lowest BCUT2D eigenvalue weighted by Gasteiger charge is -2.16. The number of methoxy groups -OCH3 is 1. The third-order valence-electron chi connectivity index (χ3n) is 3.20. The van der Waals surface area contributed by atoms with E-state index >= 15 is 0 Å². The molecule has 0 saturated heterocycles. The first-order valence-corrected chi connectivity index (χ1v) is 8.16. The highest BCUT2D eigenvalue weighted by atomic mass is 79.9. The zero-order valence-corrected chi connectivity index (χ0v) is 15.2. The molecule has 0 atom stereocenters. The fraction of sp³-hybridized carbons (Fsp3) is 0.211. The van der Waals surface area contributed by atoms with E-state index in [4.69, 9.17) is 9.47 Å². The zero-order chi connectivity index (χ0) is 17.7. The Hall–Kier alpha value is -2.32. The van der Waals surface area contributed by atoms with Crippen molar-refractivity contribution in [3.05, 3.63) is 57.8 Å². The van der Waals surface area contributed by atoms with Gasteiger partial charge in [-0.1, -0.05) is 18.2 Å². The van der Waals surface area contributed by atoms with Crippen LogP contribution in [-0.4, -0.2) is 13.2 Å². The molecule has 0 saturated carbocycles. The Labute approximate surface area is 149 Å². The Kier molecular flexibility index (Phi) is 5.99. The van der Waals surface area contributed by atoms with Gasteiger partial charge in [0.1, 0.15) is 5.82 Å². The summed E-state index contributed by atoms with van der Waals surface area (Å²) in [7, 11) is 1.55. The van der Waals surface area contributed by atoms with E-state index in [2.05, 4.69) is 15.9 Å². The van der Waals surface area contributed by atoms with Gasteiger partial charge in [-0.2, -0.15) is 5.26 Å². The normalized spacial score (nSPS) is 11.3. The first-order valence-electron chi connectivity index (χ1n) is 7.37. The van der Waals surface area contributed by atoms with Crippen molar-refractivity contribution in [1.29, 1.82) is 5.26 Å². The molecule has 24 heavy (non-hydrogen) atoms. The predicted molar refractivity (Wildman–Crippen MR) is 96.3 cm³/mol. The fourth-order valence-electron chi connectivity index (χ4n) is 2.19. The summed E-state index contributed by atoms with van der Waals surface area (Å²) in [5, 5.41) is 9.38. The van der Waals surface area contributed by atoms with Crippen LogP contribution < -0.4 is 9.47 Å². The Bertz CT molecular complexity index is 809. The molecular weight excluding hydrogens is 373 g/mol. The van der Waals surface area contributed by atoms with Crippen LogP contribution >= 0.6 is 15.9 Å². The summed E-state index contributed by atoms with van der Waals surface area (Å²) >= 11 is 3.46. The van der Waals surface area contributed by atoms with Gasteiger partial charge in [0.05, 0.1) is 29.3 Å². The lowest BCUT2D eigenvalue weighted by molar-refractivity contribution is 0.228. The van der Waals surface area contributed by atoms with Crippen molar-refractivity contribution >= 4 is 27.6 Å². The largest absolute Gasteiger partial charge is 0.493 e. The SMILES string of the molecule is COc1cc(/C=C(/C#N)c2ccccc2F)cc(Br)c1OC(C)C.